The Morgan fingerprint density at radius 2 is 2.25 bits per heavy atom. The van der Waals surface area contributed by atoms with Gasteiger partial charge < -0.3 is 5.73 Å². The van der Waals surface area contributed by atoms with E-state index in [1.807, 2.05) is 0 Å². The molecule has 4 N–H and O–H groups in total. The molecule has 1 aromatic rings. The van der Waals surface area contributed by atoms with Gasteiger partial charge in [-0.3, -0.25) is 10.0 Å². The first-order valence-corrected chi connectivity index (χ1v) is 3.45. The number of nitrogens with one attached hydrogen (secondary N) is 1. The van der Waals surface area contributed by atoms with Gasteiger partial charge in [0.1, 0.15) is 0 Å². The summed E-state index contributed by atoms with van der Waals surface area (Å²) in [7, 11) is 0. The normalized spacial score (nSPS) is 9.50. The van der Waals surface area contributed by atoms with Crippen molar-refractivity contribution in [1.82, 2.24) is 5.48 Å². The van der Waals surface area contributed by atoms with Crippen LogP contribution in [0.5, 0.6) is 0 Å². The average Bonchev–Trinajstić information content (AvgIpc) is 2.08. The number of carbonyl (C=O) groups is 1. The lowest BCUT2D eigenvalue weighted by atomic mass is 10.1. The number of carbonyl (C=O) groups excluding carboxylic acids is 1. The fraction of sp³-hybridized carbons (Fsp3) is 0.125. The number of hydroxylamine groups is 1. The van der Waals surface area contributed by atoms with Gasteiger partial charge in [-0.15, -0.1) is 0 Å². The van der Waals surface area contributed by atoms with Crippen LogP contribution in [0.1, 0.15) is 15.9 Å². The van der Waals surface area contributed by atoms with Gasteiger partial charge in [-0.2, -0.15) is 0 Å². The molecule has 4 nitrogen and oxygen atoms in total. The molecule has 1 amide bonds. The van der Waals surface area contributed by atoms with Crippen LogP contribution < -0.4 is 11.2 Å². The van der Waals surface area contributed by atoms with E-state index < -0.39 is 5.91 Å². The number of benzene rings is 1. The van der Waals surface area contributed by atoms with E-state index in [2.05, 4.69) is 0 Å². The Hall–Kier alpha value is -1.55. The van der Waals surface area contributed by atoms with Crippen molar-refractivity contribution in [3.8, 4) is 0 Å². The van der Waals surface area contributed by atoms with Crippen molar-refractivity contribution in [2.75, 3.05) is 5.73 Å². The van der Waals surface area contributed by atoms with Gasteiger partial charge in [-0.05, 0) is 30.7 Å². The average molecular weight is 166 g/mol. The summed E-state index contributed by atoms with van der Waals surface area (Å²) in [6.45, 7) is 1.80. The smallest absolute Gasteiger partial charge is 0.274 e. The topological polar surface area (TPSA) is 75.3 Å². The van der Waals surface area contributed by atoms with Crippen LogP contribution in [0.2, 0.25) is 0 Å². The molecule has 0 spiro atoms. The molecule has 12 heavy (non-hydrogen) atoms. The number of amides is 1. The predicted molar refractivity (Wildman–Crippen MR) is 44.8 cm³/mol. The number of anilines is 1. The highest BCUT2D eigenvalue weighted by atomic mass is 16.5. The Morgan fingerprint density at radius 3 is 2.75 bits per heavy atom. The molecule has 1 aromatic carbocycles. The highest BCUT2D eigenvalue weighted by molar-refractivity contribution is 5.93. The summed E-state index contributed by atoms with van der Waals surface area (Å²) in [5.74, 6) is -0.530. The third kappa shape index (κ3) is 1.54. The summed E-state index contributed by atoms with van der Waals surface area (Å²) in [6.07, 6.45) is 0. The van der Waals surface area contributed by atoms with Crippen LogP contribution in [0, 0.1) is 6.92 Å². The second kappa shape index (κ2) is 3.23. The summed E-state index contributed by atoms with van der Waals surface area (Å²) in [4.78, 5) is 10.9. The lowest BCUT2D eigenvalue weighted by molar-refractivity contribution is 0.0706. The van der Waals surface area contributed by atoms with Crippen LogP contribution in [0.25, 0.3) is 0 Å². The predicted octanol–water partition coefficient (Wildman–Crippen LogP) is 0.696. The van der Waals surface area contributed by atoms with Crippen molar-refractivity contribution < 1.29 is 10.0 Å². The molecule has 0 atom stereocenters. The summed E-state index contributed by atoms with van der Waals surface area (Å²) in [5.41, 5.74) is 8.92. The number of nitrogen functional groups attached to an aromatic ring is 1. The number of hydrogen-bond acceptors (Lipinski definition) is 3. The molecule has 0 heterocycles. The minimum Gasteiger partial charge on any atom is -0.399 e. The van der Waals surface area contributed by atoms with Gasteiger partial charge >= 0.3 is 0 Å². The molecular formula is C8H10N2O2. The molecule has 0 aliphatic rings. The van der Waals surface area contributed by atoms with Crippen molar-refractivity contribution in [2.24, 2.45) is 0 Å². The molecule has 1 rings (SSSR count). The highest BCUT2D eigenvalue weighted by Gasteiger charge is 2.04. The minimum absolute atomic E-state index is 0.393. The molecular weight excluding hydrogens is 156 g/mol. The Labute approximate surface area is 70.0 Å². The number of nitrogens with two attached hydrogens (primary N) is 1. The summed E-state index contributed by atoms with van der Waals surface area (Å²) >= 11 is 0. The van der Waals surface area contributed by atoms with Crippen molar-refractivity contribution in [3.05, 3.63) is 29.3 Å². The Morgan fingerprint density at radius 1 is 1.58 bits per heavy atom. The van der Waals surface area contributed by atoms with Gasteiger partial charge in [-0.25, -0.2) is 5.48 Å². The Balaban J connectivity index is 3.05. The molecule has 64 valence electrons. The first-order valence-electron chi connectivity index (χ1n) is 3.45. The van der Waals surface area contributed by atoms with E-state index >= 15 is 0 Å². The molecule has 0 aliphatic carbocycles. The molecule has 0 fully saturated rings. The van der Waals surface area contributed by atoms with Crippen LogP contribution in [0.4, 0.5) is 5.69 Å². The van der Waals surface area contributed by atoms with E-state index in [1.54, 1.807) is 30.6 Å². The Kier molecular flexibility index (Phi) is 2.30. The molecule has 0 saturated heterocycles. The van der Waals surface area contributed by atoms with Gasteiger partial charge in [0.2, 0.25) is 0 Å². The zero-order valence-corrected chi connectivity index (χ0v) is 6.66. The molecule has 0 bridgehead atoms. The number of aryl methyl sites for hydroxylation is 1. The third-order valence-corrected chi connectivity index (χ3v) is 1.63. The Bertz CT molecular complexity index is 310. The van der Waals surface area contributed by atoms with E-state index in [9.17, 15) is 4.79 Å². The van der Waals surface area contributed by atoms with Crippen molar-refractivity contribution >= 4 is 11.6 Å². The van der Waals surface area contributed by atoms with Gasteiger partial charge in [0.15, 0.2) is 0 Å². The number of hydrogen-bond donors (Lipinski definition) is 3. The van der Waals surface area contributed by atoms with E-state index in [0.717, 1.165) is 5.56 Å². The molecule has 0 aliphatic heterocycles. The lowest BCUT2D eigenvalue weighted by Gasteiger charge is -2.02. The van der Waals surface area contributed by atoms with Gasteiger partial charge in [0.05, 0.1) is 0 Å². The maximum atomic E-state index is 10.9. The second-order valence-corrected chi connectivity index (χ2v) is 2.51. The van der Waals surface area contributed by atoms with Crippen LogP contribution in [0.15, 0.2) is 18.2 Å². The van der Waals surface area contributed by atoms with E-state index in [4.69, 9.17) is 10.9 Å². The SMILES string of the molecule is Cc1cc(C(=O)NO)ccc1N. The fourth-order valence-electron chi connectivity index (χ4n) is 0.881. The molecule has 4 heteroatoms. The molecule has 0 radical (unpaired) electrons. The molecule has 0 saturated carbocycles. The lowest BCUT2D eigenvalue weighted by Crippen LogP contribution is -2.18. The first-order chi connectivity index (χ1) is 5.65. The maximum Gasteiger partial charge on any atom is 0.274 e. The summed E-state index contributed by atoms with van der Waals surface area (Å²) in [5, 5.41) is 8.32. The molecule has 0 aromatic heterocycles. The van der Waals surface area contributed by atoms with Crippen molar-refractivity contribution in [1.29, 1.82) is 0 Å². The van der Waals surface area contributed by atoms with E-state index in [1.165, 1.54) is 0 Å². The van der Waals surface area contributed by atoms with Gasteiger partial charge in [0.25, 0.3) is 5.91 Å². The van der Waals surface area contributed by atoms with Crippen LogP contribution in [-0.2, 0) is 0 Å². The van der Waals surface area contributed by atoms with Gasteiger partial charge in [-0.1, -0.05) is 0 Å². The molecule has 0 unspecified atom stereocenters. The maximum absolute atomic E-state index is 10.9. The highest BCUT2D eigenvalue weighted by Crippen LogP contribution is 2.12. The standard InChI is InChI=1S/C8H10N2O2/c1-5-4-6(8(11)10-12)2-3-7(5)9/h2-4,12H,9H2,1H3,(H,10,11). The van der Waals surface area contributed by atoms with Crippen molar-refractivity contribution in [3.63, 3.8) is 0 Å². The zero-order chi connectivity index (χ0) is 9.14. The fourth-order valence-corrected chi connectivity index (χ4v) is 0.881. The second-order valence-electron chi connectivity index (χ2n) is 2.51. The monoisotopic (exact) mass is 166 g/mol. The first kappa shape index (κ1) is 8.55. The minimum atomic E-state index is -0.530. The summed E-state index contributed by atoms with van der Waals surface area (Å²) in [6, 6.07) is 4.79. The van der Waals surface area contributed by atoms with Gasteiger partial charge in [0, 0.05) is 11.3 Å². The summed E-state index contributed by atoms with van der Waals surface area (Å²) < 4.78 is 0. The van der Waals surface area contributed by atoms with Crippen molar-refractivity contribution in [2.45, 2.75) is 6.92 Å². The van der Waals surface area contributed by atoms with Crippen LogP contribution in [-0.4, -0.2) is 11.1 Å². The largest absolute Gasteiger partial charge is 0.399 e. The zero-order valence-electron chi connectivity index (χ0n) is 6.66. The third-order valence-electron chi connectivity index (χ3n) is 1.63. The van der Waals surface area contributed by atoms with E-state index in [0.29, 0.717) is 11.3 Å². The number of rotatable bonds is 1. The van der Waals surface area contributed by atoms with E-state index in [-0.39, 0.29) is 0 Å². The van der Waals surface area contributed by atoms with Crippen LogP contribution in [0.3, 0.4) is 0 Å². The quantitative estimate of drug-likeness (QED) is 0.326. The van der Waals surface area contributed by atoms with Crippen LogP contribution >= 0.6 is 0 Å².